The normalized spacial score (nSPS) is 11.4. The summed E-state index contributed by atoms with van der Waals surface area (Å²) in [6.07, 6.45) is 1.41. The molecule has 0 amide bonds. The maximum atomic E-state index is 13.5. The fourth-order valence-electron chi connectivity index (χ4n) is 1.37. The molecule has 0 aliphatic rings. The third-order valence-corrected chi connectivity index (χ3v) is 2.37. The SMILES string of the molecule is ONC(=Nc1cccc(Cl)c1)c1ncccc1F. The molecule has 92 valence electrons. The van der Waals surface area contributed by atoms with Gasteiger partial charge >= 0.3 is 0 Å². The molecule has 0 saturated heterocycles. The highest BCUT2D eigenvalue weighted by atomic mass is 35.5. The van der Waals surface area contributed by atoms with Crippen molar-refractivity contribution in [1.82, 2.24) is 10.5 Å². The Morgan fingerprint density at radius 2 is 2.17 bits per heavy atom. The first kappa shape index (κ1) is 12.5. The molecule has 6 heteroatoms. The third kappa shape index (κ3) is 2.82. The van der Waals surface area contributed by atoms with Gasteiger partial charge in [-0.1, -0.05) is 17.7 Å². The smallest absolute Gasteiger partial charge is 0.179 e. The van der Waals surface area contributed by atoms with Crippen molar-refractivity contribution in [3.8, 4) is 0 Å². The van der Waals surface area contributed by atoms with E-state index < -0.39 is 5.82 Å². The van der Waals surface area contributed by atoms with Gasteiger partial charge in [-0.3, -0.25) is 10.7 Å². The Morgan fingerprint density at radius 1 is 1.33 bits per heavy atom. The monoisotopic (exact) mass is 265 g/mol. The summed E-state index contributed by atoms with van der Waals surface area (Å²) in [5.41, 5.74) is 2.24. The van der Waals surface area contributed by atoms with E-state index in [2.05, 4.69) is 9.98 Å². The van der Waals surface area contributed by atoms with Gasteiger partial charge in [0, 0.05) is 11.2 Å². The first-order valence-corrected chi connectivity index (χ1v) is 5.44. The van der Waals surface area contributed by atoms with Crippen molar-refractivity contribution in [3.63, 3.8) is 0 Å². The van der Waals surface area contributed by atoms with Gasteiger partial charge in [0.2, 0.25) is 0 Å². The van der Waals surface area contributed by atoms with Crippen molar-refractivity contribution in [1.29, 1.82) is 0 Å². The second kappa shape index (κ2) is 5.57. The highest BCUT2D eigenvalue weighted by Gasteiger charge is 2.10. The van der Waals surface area contributed by atoms with Crippen molar-refractivity contribution in [3.05, 3.63) is 59.1 Å². The summed E-state index contributed by atoms with van der Waals surface area (Å²) >= 11 is 5.81. The molecule has 0 spiro atoms. The number of nitrogens with zero attached hydrogens (tertiary/aromatic N) is 2. The van der Waals surface area contributed by atoms with E-state index in [1.54, 1.807) is 24.3 Å². The standard InChI is InChI=1S/C12H9ClFN3O/c13-8-3-1-4-9(7-8)16-12(17-18)11-10(14)5-2-6-15-11/h1-7,18H,(H,16,17). The molecule has 1 aromatic heterocycles. The molecule has 0 aliphatic carbocycles. The number of aromatic nitrogens is 1. The van der Waals surface area contributed by atoms with Crippen LogP contribution in [0.15, 0.2) is 47.6 Å². The maximum absolute atomic E-state index is 13.5. The lowest BCUT2D eigenvalue weighted by atomic mass is 10.3. The summed E-state index contributed by atoms with van der Waals surface area (Å²) in [7, 11) is 0. The van der Waals surface area contributed by atoms with Crippen LogP contribution in [0.1, 0.15) is 5.69 Å². The van der Waals surface area contributed by atoms with Crippen LogP contribution >= 0.6 is 11.6 Å². The topological polar surface area (TPSA) is 57.5 Å². The molecule has 0 atom stereocenters. The summed E-state index contributed by atoms with van der Waals surface area (Å²) < 4.78 is 13.5. The van der Waals surface area contributed by atoms with Gasteiger partial charge in [0.05, 0.1) is 5.69 Å². The summed E-state index contributed by atoms with van der Waals surface area (Å²) in [6.45, 7) is 0. The zero-order valence-corrected chi connectivity index (χ0v) is 9.89. The van der Waals surface area contributed by atoms with Crippen molar-refractivity contribution >= 4 is 23.1 Å². The molecule has 2 N–H and O–H groups in total. The Labute approximate surface area is 108 Å². The second-order valence-corrected chi connectivity index (χ2v) is 3.82. The van der Waals surface area contributed by atoms with Crippen LogP contribution in [0.3, 0.4) is 0 Å². The summed E-state index contributed by atoms with van der Waals surface area (Å²) in [6, 6.07) is 9.32. The number of hydrogen-bond donors (Lipinski definition) is 2. The molecule has 0 unspecified atom stereocenters. The Morgan fingerprint density at radius 3 is 2.83 bits per heavy atom. The van der Waals surface area contributed by atoms with Crippen LogP contribution in [0.2, 0.25) is 5.02 Å². The molecule has 18 heavy (non-hydrogen) atoms. The highest BCUT2D eigenvalue weighted by molar-refractivity contribution is 6.30. The van der Waals surface area contributed by atoms with E-state index in [1.807, 2.05) is 5.48 Å². The van der Waals surface area contributed by atoms with Gasteiger partial charge in [-0.15, -0.1) is 0 Å². The van der Waals surface area contributed by atoms with Crippen LogP contribution in [0.4, 0.5) is 10.1 Å². The molecule has 1 heterocycles. The van der Waals surface area contributed by atoms with E-state index in [4.69, 9.17) is 16.8 Å². The van der Waals surface area contributed by atoms with Gasteiger partial charge in [-0.2, -0.15) is 0 Å². The number of hydroxylamine groups is 1. The Kier molecular flexibility index (Phi) is 3.86. The molecule has 2 aromatic rings. The average Bonchev–Trinajstić information content (AvgIpc) is 2.37. The quantitative estimate of drug-likeness (QED) is 0.499. The van der Waals surface area contributed by atoms with Gasteiger partial charge in [0.15, 0.2) is 11.7 Å². The minimum Gasteiger partial charge on any atom is -0.290 e. The number of aliphatic imine (C=N–C) groups is 1. The lowest BCUT2D eigenvalue weighted by Crippen LogP contribution is -2.22. The predicted molar refractivity (Wildman–Crippen MR) is 66.8 cm³/mol. The predicted octanol–water partition coefficient (Wildman–Crippen LogP) is 2.93. The minimum atomic E-state index is -0.583. The fourth-order valence-corrected chi connectivity index (χ4v) is 1.55. The zero-order valence-electron chi connectivity index (χ0n) is 9.14. The number of rotatable bonds is 2. The molecule has 0 radical (unpaired) electrons. The van der Waals surface area contributed by atoms with Crippen molar-refractivity contribution < 1.29 is 9.60 Å². The third-order valence-electron chi connectivity index (χ3n) is 2.14. The number of nitrogens with one attached hydrogen (secondary N) is 1. The van der Waals surface area contributed by atoms with Crippen molar-refractivity contribution in [2.45, 2.75) is 0 Å². The fraction of sp³-hybridized carbons (Fsp3) is 0. The van der Waals surface area contributed by atoms with E-state index >= 15 is 0 Å². The minimum absolute atomic E-state index is 0.0695. The molecule has 2 rings (SSSR count). The number of halogens is 2. The Bertz CT molecular complexity index is 589. The van der Waals surface area contributed by atoms with E-state index in [0.29, 0.717) is 10.7 Å². The second-order valence-electron chi connectivity index (χ2n) is 3.39. The molecule has 4 nitrogen and oxygen atoms in total. The van der Waals surface area contributed by atoms with Gasteiger partial charge in [0.1, 0.15) is 5.69 Å². The van der Waals surface area contributed by atoms with E-state index in [-0.39, 0.29) is 11.5 Å². The molecular weight excluding hydrogens is 257 g/mol. The Hall–Kier alpha value is -1.98. The number of benzene rings is 1. The number of pyridine rings is 1. The van der Waals surface area contributed by atoms with Crippen LogP contribution in [-0.4, -0.2) is 16.0 Å². The molecule has 1 aromatic carbocycles. The lowest BCUT2D eigenvalue weighted by molar-refractivity contribution is 0.234. The molecule has 0 bridgehead atoms. The lowest BCUT2D eigenvalue weighted by Gasteiger charge is -2.05. The van der Waals surface area contributed by atoms with Crippen LogP contribution in [0, 0.1) is 5.82 Å². The molecule has 0 fully saturated rings. The molecule has 0 saturated carbocycles. The first-order chi connectivity index (χ1) is 8.70. The van der Waals surface area contributed by atoms with E-state index in [1.165, 1.54) is 18.3 Å². The summed E-state index contributed by atoms with van der Waals surface area (Å²) in [5.74, 6) is -0.671. The Balaban J connectivity index is 2.43. The maximum Gasteiger partial charge on any atom is 0.179 e. The number of amidine groups is 1. The van der Waals surface area contributed by atoms with Crippen LogP contribution in [-0.2, 0) is 0 Å². The summed E-state index contributed by atoms with van der Waals surface area (Å²) in [4.78, 5) is 7.84. The van der Waals surface area contributed by atoms with E-state index in [0.717, 1.165) is 0 Å². The zero-order chi connectivity index (χ0) is 13.0. The molecule has 0 aliphatic heterocycles. The average molecular weight is 266 g/mol. The highest BCUT2D eigenvalue weighted by Crippen LogP contribution is 2.18. The van der Waals surface area contributed by atoms with Gasteiger partial charge < -0.3 is 0 Å². The summed E-state index contributed by atoms with van der Waals surface area (Å²) in [5, 5.41) is 9.51. The van der Waals surface area contributed by atoms with E-state index in [9.17, 15) is 4.39 Å². The first-order valence-electron chi connectivity index (χ1n) is 5.06. The number of hydrogen-bond acceptors (Lipinski definition) is 3. The van der Waals surface area contributed by atoms with Gasteiger partial charge in [0.25, 0.3) is 0 Å². The van der Waals surface area contributed by atoms with Crippen molar-refractivity contribution in [2.24, 2.45) is 4.99 Å². The van der Waals surface area contributed by atoms with Gasteiger partial charge in [-0.25, -0.2) is 14.4 Å². The van der Waals surface area contributed by atoms with Gasteiger partial charge in [-0.05, 0) is 30.3 Å². The van der Waals surface area contributed by atoms with Crippen LogP contribution < -0.4 is 5.48 Å². The largest absolute Gasteiger partial charge is 0.290 e. The van der Waals surface area contributed by atoms with Crippen LogP contribution in [0.5, 0.6) is 0 Å². The molecular formula is C12H9ClFN3O. The van der Waals surface area contributed by atoms with Crippen LogP contribution in [0.25, 0.3) is 0 Å². The van der Waals surface area contributed by atoms with Crippen molar-refractivity contribution in [2.75, 3.05) is 0 Å².